The molecule has 0 radical (unpaired) electrons. The fourth-order valence-electron chi connectivity index (χ4n) is 3.44. The molecule has 0 bridgehead atoms. The van der Waals surface area contributed by atoms with E-state index in [0.717, 1.165) is 25.2 Å². The molecule has 0 saturated carbocycles. The van der Waals surface area contributed by atoms with Crippen molar-refractivity contribution in [2.75, 3.05) is 18.4 Å². The fourth-order valence-corrected chi connectivity index (χ4v) is 3.62. The van der Waals surface area contributed by atoms with Gasteiger partial charge in [-0.1, -0.05) is 55.8 Å². The number of anilines is 1. The number of hydrogen-bond acceptors (Lipinski definition) is 2. The third kappa shape index (κ3) is 5.55. The lowest BCUT2D eigenvalue weighted by atomic mass is 10.1. The highest BCUT2D eigenvalue weighted by Crippen LogP contribution is 2.16. The van der Waals surface area contributed by atoms with Crippen molar-refractivity contribution in [3.05, 3.63) is 65.2 Å². The molecule has 1 aliphatic rings. The quantitative estimate of drug-likeness (QED) is 0.722. The summed E-state index contributed by atoms with van der Waals surface area (Å²) in [6.07, 6.45) is 5.06. The largest absolute Gasteiger partial charge is 0.358 e. The van der Waals surface area contributed by atoms with Crippen molar-refractivity contribution < 1.29 is 0 Å². The van der Waals surface area contributed by atoms with E-state index in [1.807, 2.05) is 6.07 Å². The van der Waals surface area contributed by atoms with Gasteiger partial charge < -0.3 is 10.6 Å². The van der Waals surface area contributed by atoms with Crippen LogP contribution in [0, 0.1) is 0 Å². The lowest BCUT2D eigenvalue weighted by Crippen LogP contribution is -2.29. The van der Waals surface area contributed by atoms with Crippen LogP contribution in [-0.4, -0.2) is 23.1 Å². The molecule has 26 heavy (non-hydrogen) atoms. The Labute approximate surface area is 162 Å². The minimum Gasteiger partial charge on any atom is -0.358 e. The molecule has 1 fully saturated rings. The molecule has 0 spiro atoms. The van der Waals surface area contributed by atoms with Crippen molar-refractivity contribution >= 4 is 23.0 Å². The average Bonchev–Trinajstić information content (AvgIpc) is 2.69. The molecular weight excluding hydrogens is 338 g/mol. The van der Waals surface area contributed by atoms with Crippen molar-refractivity contribution in [2.24, 2.45) is 0 Å². The smallest absolute Gasteiger partial charge is 0.171 e. The molecule has 4 heteroatoms. The van der Waals surface area contributed by atoms with Crippen LogP contribution >= 0.6 is 12.2 Å². The summed E-state index contributed by atoms with van der Waals surface area (Å²) in [5.41, 5.74) is 5.01. The number of nitrogens with zero attached hydrogens (tertiary/aromatic N) is 1. The summed E-state index contributed by atoms with van der Waals surface area (Å²) in [5.74, 6) is 0. The number of thiocarbonyl (C=S) groups is 1. The van der Waals surface area contributed by atoms with Gasteiger partial charge in [0.15, 0.2) is 5.11 Å². The summed E-state index contributed by atoms with van der Waals surface area (Å²) >= 11 is 5.45. The van der Waals surface area contributed by atoms with Crippen molar-refractivity contribution in [2.45, 2.75) is 45.7 Å². The molecule has 2 aromatic carbocycles. The Kier molecular flexibility index (Phi) is 7.04. The van der Waals surface area contributed by atoms with Gasteiger partial charge in [-0.15, -0.1) is 0 Å². The molecule has 138 valence electrons. The van der Waals surface area contributed by atoms with E-state index < -0.39 is 0 Å². The van der Waals surface area contributed by atoms with Crippen LogP contribution in [0.2, 0.25) is 0 Å². The summed E-state index contributed by atoms with van der Waals surface area (Å²) in [6, 6.07) is 17.2. The van der Waals surface area contributed by atoms with Crippen molar-refractivity contribution in [3.8, 4) is 0 Å². The van der Waals surface area contributed by atoms with E-state index in [2.05, 4.69) is 64.9 Å². The van der Waals surface area contributed by atoms with Crippen LogP contribution in [0.15, 0.2) is 48.5 Å². The zero-order chi connectivity index (χ0) is 18.2. The molecule has 3 nitrogen and oxygen atoms in total. The van der Waals surface area contributed by atoms with Crippen LogP contribution in [0.5, 0.6) is 0 Å². The second kappa shape index (κ2) is 9.70. The number of rotatable bonds is 6. The van der Waals surface area contributed by atoms with Crippen LogP contribution in [0.1, 0.15) is 42.9 Å². The van der Waals surface area contributed by atoms with Crippen LogP contribution in [-0.2, 0) is 19.5 Å². The molecule has 2 N–H and O–H groups in total. The first kappa shape index (κ1) is 18.9. The minimum atomic E-state index is 0.670. The Hall–Kier alpha value is -1.91. The maximum atomic E-state index is 5.45. The second-order valence-electron chi connectivity index (χ2n) is 6.97. The Morgan fingerprint density at radius 2 is 1.65 bits per heavy atom. The van der Waals surface area contributed by atoms with Gasteiger partial charge in [0.25, 0.3) is 0 Å². The summed E-state index contributed by atoms with van der Waals surface area (Å²) in [5, 5.41) is 7.29. The van der Waals surface area contributed by atoms with Gasteiger partial charge in [0.1, 0.15) is 0 Å². The maximum Gasteiger partial charge on any atom is 0.171 e. The van der Waals surface area contributed by atoms with Crippen LogP contribution in [0.25, 0.3) is 0 Å². The number of piperidine rings is 1. The monoisotopic (exact) mass is 367 g/mol. The number of aryl methyl sites for hydroxylation is 1. The Morgan fingerprint density at radius 1 is 0.962 bits per heavy atom. The van der Waals surface area contributed by atoms with E-state index in [9.17, 15) is 0 Å². The average molecular weight is 368 g/mol. The lowest BCUT2D eigenvalue weighted by Gasteiger charge is -2.26. The van der Waals surface area contributed by atoms with E-state index in [1.165, 1.54) is 49.0 Å². The first-order valence-electron chi connectivity index (χ1n) is 9.67. The van der Waals surface area contributed by atoms with E-state index in [0.29, 0.717) is 5.11 Å². The van der Waals surface area contributed by atoms with Crippen molar-refractivity contribution in [3.63, 3.8) is 0 Å². The van der Waals surface area contributed by atoms with E-state index in [-0.39, 0.29) is 0 Å². The van der Waals surface area contributed by atoms with Gasteiger partial charge in [0.05, 0.1) is 0 Å². The van der Waals surface area contributed by atoms with Crippen LogP contribution in [0.4, 0.5) is 5.69 Å². The van der Waals surface area contributed by atoms with Gasteiger partial charge in [0, 0.05) is 18.8 Å². The number of likely N-dealkylation sites (tertiary alicyclic amines) is 1. The highest BCUT2D eigenvalue weighted by Gasteiger charge is 2.10. The van der Waals surface area contributed by atoms with Gasteiger partial charge in [-0.25, -0.2) is 0 Å². The van der Waals surface area contributed by atoms with Crippen LogP contribution in [0.3, 0.4) is 0 Å². The van der Waals surface area contributed by atoms with Gasteiger partial charge in [-0.05, 0) is 67.3 Å². The fraction of sp³-hybridized carbons (Fsp3) is 0.409. The summed E-state index contributed by atoms with van der Waals surface area (Å²) in [7, 11) is 0. The number of benzene rings is 2. The molecule has 3 rings (SSSR count). The van der Waals surface area contributed by atoms with Gasteiger partial charge >= 0.3 is 0 Å². The summed E-state index contributed by atoms with van der Waals surface area (Å²) in [6.45, 7) is 6.44. The SMILES string of the molecule is CCc1ccccc1NC(=S)NCc1ccc(CN2CCCCC2)cc1. The molecule has 2 aromatic rings. The number of para-hydroxylation sites is 1. The highest BCUT2D eigenvalue weighted by molar-refractivity contribution is 7.80. The minimum absolute atomic E-state index is 0.670. The standard InChI is InChI=1S/C22H29N3S/c1-2-20-8-4-5-9-21(20)24-22(26)23-16-18-10-12-19(13-11-18)17-25-14-6-3-7-15-25/h4-5,8-13H,2-3,6-7,14-17H2,1H3,(H2,23,24,26). The third-order valence-corrected chi connectivity index (χ3v) is 5.22. The topological polar surface area (TPSA) is 27.3 Å². The molecule has 1 aliphatic heterocycles. The Balaban J connectivity index is 1.47. The molecule has 0 unspecified atom stereocenters. The molecule has 0 atom stereocenters. The highest BCUT2D eigenvalue weighted by atomic mass is 32.1. The molecule has 0 aliphatic carbocycles. The molecular formula is C22H29N3S. The maximum absolute atomic E-state index is 5.45. The zero-order valence-electron chi connectivity index (χ0n) is 15.6. The zero-order valence-corrected chi connectivity index (χ0v) is 16.4. The predicted molar refractivity (Wildman–Crippen MR) is 114 cm³/mol. The molecule has 1 saturated heterocycles. The first-order chi connectivity index (χ1) is 12.7. The number of hydrogen-bond donors (Lipinski definition) is 2. The normalized spacial score (nSPS) is 14.8. The Morgan fingerprint density at radius 3 is 2.38 bits per heavy atom. The third-order valence-electron chi connectivity index (χ3n) is 4.98. The molecule has 0 amide bonds. The molecule has 1 heterocycles. The summed E-state index contributed by atoms with van der Waals surface area (Å²) < 4.78 is 0. The van der Waals surface area contributed by atoms with Gasteiger partial charge in [0.2, 0.25) is 0 Å². The van der Waals surface area contributed by atoms with Crippen LogP contribution < -0.4 is 10.6 Å². The van der Waals surface area contributed by atoms with E-state index in [1.54, 1.807) is 0 Å². The van der Waals surface area contributed by atoms with Crippen molar-refractivity contribution in [1.29, 1.82) is 0 Å². The van der Waals surface area contributed by atoms with Crippen molar-refractivity contribution in [1.82, 2.24) is 10.2 Å². The molecule has 0 aromatic heterocycles. The van der Waals surface area contributed by atoms with E-state index >= 15 is 0 Å². The Bertz CT molecular complexity index is 706. The van der Waals surface area contributed by atoms with Gasteiger partial charge in [-0.2, -0.15) is 0 Å². The predicted octanol–water partition coefficient (Wildman–Crippen LogP) is 4.72. The van der Waals surface area contributed by atoms with Gasteiger partial charge in [-0.3, -0.25) is 4.90 Å². The van der Waals surface area contributed by atoms with E-state index in [4.69, 9.17) is 12.2 Å². The lowest BCUT2D eigenvalue weighted by molar-refractivity contribution is 0.221. The summed E-state index contributed by atoms with van der Waals surface area (Å²) in [4.78, 5) is 2.56. The number of nitrogens with one attached hydrogen (secondary N) is 2. The second-order valence-corrected chi connectivity index (χ2v) is 7.38. The first-order valence-corrected chi connectivity index (χ1v) is 10.1.